The molecule has 0 atom stereocenters. The summed E-state index contributed by atoms with van der Waals surface area (Å²) in [5, 5.41) is 1.16. The van der Waals surface area contributed by atoms with E-state index in [-0.39, 0.29) is 16.9 Å². The zero-order chi connectivity index (χ0) is 15.7. The number of benzene rings is 2. The molecule has 0 saturated heterocycles. The molecule has 0 bridgehead atoms. The molecule has 2 aromatic carbocycles. The molecule has 3 rings (SSSR count). The third kappa shape index (κ3) is 3.43. The second-order valence-electron chi connectivity index (χ2n) is 4.78. The van der Waals surface area contributed by atoms with E-state index >= 15 is 0 Å². The first-order valence-corrected chi connectivity index (χ1v) is 8.29. The van der Waals surface area contributed by atoms with Crippen molar-refractivity contribution in [2.75, 3.05) is 0 Å². The topological polar surface area (TPSA) is 66.4 Å². The molecule has 4 nitrogen and oxygen atoms in total. The molecular formula is C16H13BrCl2N2O2. The first kappa shape index (κ1) is 17.9. The fourth-order valence-electron chi connectivity index (χ4n) is 2.33. The highest BCUT2D eigenvalue weighted by Crippen LogP contribution is 2.21. The predicted molar refractivity (Wildman–Crippen MR) is 97.4 cm³/mol. The van der Waals surface area contributed by atoms with Crippen LogP contribution in [-0.4, -0.2) is 15.0 Å². The maximum atomic E-state index is 12.8. The van der Waals surface area contributed by atoms with Gasteiger partial charge < -0.3 is 5.48 Å². The molecule has 0 unspecified atom stereocenters. The molecule has 1 heterocycles. The smallest absolute Gasteiger partial charge is 0.262 e. The van der Waals surface area contributed by atoms with Crippen molar-refractivity contribution in [3.63, 3.8) is 0 Å². The maximum Gasteiger partial charge on any atom is 0.262 e. The summed E-state index contributed by atoms with van der Waals surface area (Å²) in [7, 11) is 0. The zero-order valence-corrected chi connectivity index (χ0v) is 15.0. The molecule has 0 fully saturated rings. The van der Waals surface area contributed by atoms with E-state index in [4.69, 9.17) is 23.2 Å². The average Bonchev–Trinajstić information content (AvgIpc) is 2.51. The normalized spacial score (nSPS) is 10.6. The highest BCUT2D eigenvalue weighted by molar-refractivity contribution is 9.10. The van der Waals surface area contributed by atoms with E-state index in [0.29, 0.717) is 28.3 Å². The van der Waals surface area contributed by atoms with Crippen LogP contribution in [0.25, 0.3) is 10.9 Å². The summed E-state index contributed by atoms with van der Waals surface area (Å²) in [6.07, 6.45) is 0. The number of aromatic nitrogens is 2. The van der Waals surface area contributed by atoms with Crippen LogP contribution in [0, 0.1) is 0 Å². The van der Waals surface area contributed by atoms with Gasteiger partial charge in [-0.05, 0) is 39.7 Å². The van der Waals surface area contributed by atoms with Gasteiger partial charge in [-0.15, -0.1) is 11.6 Å². The zero-order valence-electron chi connectivity index (χ0n) is 11.9. The monoisotopic (exact) mass is 414 g/mol. The van der Waals surface area contributed by atoms with Gasteiger partial charge in [0.1, 0.15) is 5.82 Å². The van der Waals surface area contributed by atoms with Gasteiger partial charge >= 0.3 is 0 Å². The van der Waals surface area contributed by atoms with Crippen LogP contribution >= 0.6 is 39.1 Å². The lowest BCUT2D eigenvalue weighted by Crippen LogP contribution is -2.25. The van der Waals surface area contributed by atoms with Gasteiger partial charge in [0, 0.05) is 9.50 Å². The van der Waals surface area contributed by atoms with E-state index in [0.717, 1.165) is 10.0 Å². The van der Waals surface area contributed by atoms with Crippen molar-refractivity contribution in [3.8, 4) is 0 Å². The van der Waals surface area contributed by atoms with Crippen molar-refractivity contribution in [1.82, 2.24) is 9.55 Å². The number of halogens is 3. The van der Waals surface area contributed by atoms with E-state index in [2.05, 4.69) is 20.9 Å². The van der Waals surface area contributed by atoms with E-state index < -0.39 is 0 Å². The fraction of sp³-hybridized carbons (Fsp3) is 0.125. The second kappa shape index (κ2) is 7.45. The van der Waals surface area contributed by atoms with E-state index in [1.165, 1.54) is 0 Å². The van der Waals surface area contributed by atoms with Crippen LogP contribution in [0.1, 0.15) is 11.4 Å². The minimum atomic E-state index is -0.131. The molecule has 0 aliphatic carbocycles. The highest BCUT2D eigenvalue weighted by Gasteiger charge is 2.13. The van der Waals surface area contributed by atoms with Gasteiger partial charge in [0.15, 0.2) is 0 Å². The summed E-state index contributed by atoms with van der Waals surface area (Å²) in [5.41, 5.74) is 1.35. The Morgan fingerprint density at radius 1 is 1.13 bits per heavy atom. The average molecular weight is 416 g/mol. The number of hydrogen-bond acceptors (Lipinski definition) is 2. The van der Waals surface area contributed by atoms with Gasteiger partial charge in [-0.25, -0.2) is 4.98 Å². The highest BCUT2D eigenvalue weighted by atomic mass is 79.9. The Balaban J connectivity index is 0.00000192. The lowest BCUT2D eigenvalue weighted by Gasteiger charge is -2.13. The first-order valence-electron chi connectivity index (χ1n) is 6.59. The molecule has 0 radical (unpaired) electrons. The molecule has 0 aliphatic heterocycles. The lowest BCUT2D eigenvalue weighted by molar-refractivity contribution is 0.706. The maximum absolute atomic E-state index is 12.8. The molecule has 0 spiro atoms. The molecule has 0 saturated carbocycles. The lowest BCUT2D eigenvalue weighted by atomic mass is 10.2. The van der Waals surface area contributed by atoms with Crippen LogP contribution in [-0.2, 0) is 12.4 Å². The van der Waals surface area contributed by atoms with Crippen LogP contribution in [0.3, 0.4) is 0 Å². The quantitative estimate of drug-likeness (QED) is 0.611. The van der Waals surface area contributed by atoms with E-state index in [9.17, 15) is 4.79 Å². The van der Waals surface area contributed by atoms with Crippen LogP contribution in [0.5, 0.6) is 0 Å². The Kier molecular flexibility index (Phi) is 5.81. The first-order chi connectivity index (χ1) is 10.6. The van der Waals surface area contributed by atoms with Gasteiger partial charge in [-0.1, -0.05) is 35.9 Å². The van der Waals surface area contributed by atoms with Crippen LogP contribution in [0.15, 0.2) is 51.7 Å². The second-order valence-corrected chi connectivity index (χ2v) is 6.31. The number of fused-ring (bicyclic) bond motifs is 1. The standard InChI is InChI=1S/C16H11BrCl2N2O.H2O/c17-11-5-3-7-13-15(11)16(22)21(14(8-18)20-13)9-10-4-1-2-6-12(10)19;/h1-7H,8-9H2;1H2. The summed E-state index contributed by atoms with van der Waals surface area (Å²) in [5.74, 6) is 0.680. The third-order valence-electron chi connectivity index (χ3n) is 3.42. The van der Waals surface area contributed by atoms with Gasteiger partial charge in [-0.2, -0.15) is 0 Å². The molecule has 0 amide bonds. The molecule has 2 N–H and O–H groups in total. The van der Waals surface area contributed by atoms with Gasteiger partial charge in [0.05, 0.1) is 23.3 Å². The molecular weight excluding hydrogens is 403 g/mol. The molecule has 1 aromatic heterocycles. The van der Waals surface area contributed by atoms with Crippen molar-refractivity contribution < 1.29 is 5.48 Å². The largest absolute Gasteiger partial charge is 0.412 e. The number of rotatable bonds is 3. The van der Waals surface area contributed by atoms with Crippen molar-refractivity contribution in [2.24, 2.45) is 0 Å². The number of nitrogens with zero attached hydrogens (tertiary/aromatic N) is 2. The molecule has 3 aromatic rings. The Hall–Kier alpha value is -1.40. The van der Waals surface area contributed by atoms with Gasteiger partial charge in [0.25, 0.3) is 5.56 Å². The summed E-state index contributed by atoms with van der Waals surface area (Å²) in [4.78, 5) is 17.3. The predicted octanol–water partition coefficient (Wildman–Crippen LogP) is 3.77. The third-order valence-corrected chi connectivity index (χ3v) is 4.69. The molecule has 0 aliphatic rings. The van der Waals surface area contributed by atoms with Crippen molar-refractivity contribution in [3.05, 3.63) is 73.7 Å². The van der Waals surface area contributed by atoms with E-state index in [1.54, 1.807) is 16.7 Å². The van der Waals surface area contributed by atoms with Crippen LogP contribution < -0.4 is 5.56 Å². The Morgan fingerprint density at radius 2 is 1.87 bits per heavy atom. The van der Waals surface area contributed by atoms with Gasteiger partial charge in [0.2, 0.25) is 0 Å². The summed E-state index contributed by atoms with van der Waals surface area (Å²) in [6, 6.07) is 12.9. The van der Waals surface area contributed by atoms with Crippen molar-refractivity contribution in [1.29, 1.82) is 0 Å². The summed E-state index contributed by atoms with van der Waals surface area (Å²) < 4.78 is 2.29. The summed E-state index contributed by atoms with van der Waals surface area (Å²) >= 11 is 15.6. The van der Waals surface area contributed by atoms with Crippen molar-refractivity contribution in [2.45, 2.75) is 12.4 Å². The SMILES string of the molecule is O.O=c1c2c(Br)cccc2nc(CCl)n1Cc1ccccc1Cl. The van der Waals surface area contributed by atoms with E-state index in [1.807, 2.05) is 30.3 Å². The summed E-state index contributed by atoms with van der Waals surface area (Å²) in [6.45, 7) is 0.338. The van der Waals surface area contributed by atoms with Crippen LogP contribution in [0.2, 0.25) is 5.02 Å². The Bertz CT molecular complexity index is 912. The minimum absolute atomic E-state index is 0. The number of hydrogen-bond donors (Lipinski definition) is 0. The number of alkyl halides is 1. The fourth-order valence-corrected chi connectivity index (χ4v) is 3.26. The molecule has 120 valence electrons. The molecule has 7 heteroatoms. The van der Waals surface area contributed by atoms with Crippen LogP contribution in [0.4, 0.5) is 0 Å². The Labute approximate surface area is 151 Å². The Morgan fingerprint density at radius 3 is 2.57 bits per heavy atom. The minimum Gasteiger partial charge on any atom is -0.412 e. The van der Waals surface area contributed by atoms with Crippen molar-refractivity contribution >= 4 is 50.0 Å². The van der Waals surface area contributed by atoms with Gasteiger partial charge in [-0.3, -0.25) is 9.36 Å². The molecule has 23 heavy (non-hydrogen) atoms.